The number of nitrogens with zero attached hydrogens (tertiary/aromatic N) is 5. The smallest absolute Gasteiger partial charge is 0.220 e. The Hall–Kier alpha value is -1.69. The van der Waals surface area contributed by atoms with Gasteiger partial charge in [-0.3, -0.25) is 4.99 Å². The lowest BCUT2D eigenvalue weighted by Gasteiger charge is -2.42. The number of hydrogen-bond acceptors (Lipinski definition) is 7. The molecule has 0 aliphatic carbocycles. The molecule has 3 rings (SSSR count). The minimum Gasteiger partial charge on any atom is -0.381 e. The van der Waals surface area contributed by atoms with Crippen molar-refractivity contribution in [2.75, 3.05) is 66.6 Å². The van der Waals surface area contributed by atoms with Crippen LogP contribution < -0.4 is 5.32 Å². The molecule has 0 spiro atoms. The van der Waals surface area contributed by atoms with E-state index in [1.54, 1.807) is 6.07 Å². The summed E-state index contributed by atoms with van der Waals surface area (Å²) in [6.45, 7) is 7.07. The highest BCUT2D eigenvalue weighted by molar-refractivity contribution is 7.88. The van der Waals surface area contributed by atoms with Gasteiger partial charge in [0.05, 0.1) is 12.2 Å². The van der Waals surface area contributed by atoms with E-state index in [1.165, 1.54) is 10.6 Å². The van der Waals surface area contributed by atoms with Gasteiger partial charge in [0.15, 0.2) is 5.96 Å². The van der Waals surface area contributed by atoms with Crippen molar-refractivity contribution >= 4 is 16.0 Å². The molecule has 2 aliphatic heterocycles. The fraction of sp³-hybridized carbons (Fsp3) is 0.789. The van der Waals surface area contributed by atoms with Gasteiger partial charge < -0.3 is 24.4 Å². The maximum absolute atomic E-state index is 12.7. The van der Waals surface area contributed by atoms with Crippen molar-refractivity contribution in [1.82, 2.24) is 24.6 Å². The van der Waals surface area contributed by atoms with Crippen LogP contribution in [0.15, 0.2) is 21.8 Å². The van der Waals surface area contributed by atoms with Gasteiger partial charge in [0, 0.05) is 57.5 Å². The first-order chi connectivity index (χ1) is 14.4. The van der Waals surface area contributed by atoms with Crippen LogP contribution in [0.4, 0.5) is 0 Å². The summed E-state index contributed by atoms with van der Waals surface area (Å²) in [5.41, 5.74) is 0.430. The van der Waals surface area contributed by atoms with E-state index in [0.717, 1.165) is 38.6 Å². The van der Waals surface area contributed by atoms with Crippen LogP contribution in [0.25, 0.3) is 0 Å². The first-order valence-electron chi connectivity index (χ1n) is 10.5. The summed E-state index contributed by atoms with van der Waals surface area (Å²) in [5.74, 6) is 0.712. The second-order valence-electron chi connectivity index (χ2n) is 8.03. The van der Waals surface area contributed by atoms with Crippen molar-refractivity contribution in [1.29, 1.82) is 0 Å². The van der Waals surface area contributed by atoms with E-state index in [9.17, 15) is 8.42 Å². The number of aromatic nitrogens is 1. The number of sulfonamides is 1. The maximum Gasteiger partial charge on any atom is 0.220 e. The van der Waals surface area contributed by atoms with Gasteiger partial charge in [-0.15, -0.1) is 0 Å². The van der Waals surface area contributed by atoms with Gasteiger partial charge in [-0.1, -0.05) is 5.16 Å². The SMILES string of the molecule is CCNC(=NCC1(N(C)C)CCOCC1)N1CCN(S(=O)(=O)Cc2ccon2)CC1. The van der Waals surface area contributed by atoms with Crippen molar-refractivity contribution in [3.8, 4) is 0 Å². The predicted octanol–water partition coefficient (Wildman–Crippen LogP) is 0.198. The van der Waals surface area contributed by atoms with Crippen LogP contribution in [-0.4, -0.2) is 106 Å². The summed E-state index contributed by atoms with van der Waals surface area (Å²) in [7, 11) is 0.792. The Morgan fingerprint density at radius 1 is 1.27 bits per heavy atom. The molecular weight excluding hydrogens is 408 g/mol. The van der Waals surface area contributed by atoms with E-state index in [1.807, 2.05) is 6.92 Å². The summed E-state index contributed by atoms with van der Waals surface area (Å²) in [6.07, 6.45) is 3.30. The van der Waals surface area contributed by atoms with Crippen LogP contribution in [0, 0.1) is 0 Å². The number of rotatable bonds is 7. The predicted molar refractivity (Wildman–Crippen MR) is 115 cm³/mol. The monoisotopic (exact) mass is 442 g/mol. The second kappa shape index (κ2) is 10.1. The van der Waals surface area contributed by atoms with Gasteiger partial charge in [0.1, 0.15) is 12.0 Å². The Morgan fingerprint density at radius 3 is 2.53 bits per heavy atom. The van der Waals surface area contributed by atoms with Gasteiger partial charge in [-0.25, -0.2) is 8.42 Å². The standard InChI is InChI=1S/C19H34N6O4S/c1-4-20-18(21-16-19(23(2)3)6-13-28-14-7-19)24-8-10-25(11-9-24)30(26,27)15-17-5-12-29-22-17/h5,12H,4,6-11,13-16H2,1-3H3,(H,20,21). The van der Waals surface area contributed by atoms with Crippen molar-refractivity contribution in [2.24, 2.45) is 4.99 Å². The number of aliphatic imine (C=N–C) groups is 1. The Morgan fingerprint density at radius 2 is 1.97 bits per heavy atom. The molecule has 3 heterocycles. The van der Waals surface area contributed by atoms with Crippen LogP contribution in [0.5, 0.6) is 0 Å². The van der Waals surface area contributed by atoms with E-state index in [4.69, 9.17) is 14.3 Å². The van der Waals surface area contributed by atoms with Gasteiger partial charge in [-0.05, 0) is 33.9 Å². The lowest BCUT2D eigenvalue weighted by atomic mass is 9.89. The van der Waals surface area contributed by atoms with Crippen LogP contribution >= 0.6 is 0 Å². The number of ether oxygens (including phenoxy) is 1. The van der Waals surface area contributed by atoms with Gasteiger partial charge in [0.25, 0.3) is 0 Å². The van der Waals surface area contributed by atoms with Crippen molar-refractivity contribution in [3.05, 3.63) is 18.0 Å². The number of guanidine groups is 1. The van der Waals surface area contributed by atoms with E-state index in [-0.39, 0.29) is 11.3 Å². The molecule has 30 heavy (non-hydrogen) atoms. The van der Waals surface area contributed by atoms with Crippen molar-refractivity contribution in [3.63, 3.8) is 0 Å². The third-order valence-electron chi connectivity index (χ3n) is 5.98. The number of piperazine rings is 1. The number of hydrogen-bond donors (Lipinski definition) is 1. The quantitative estimate of drug-likeness (QED) is 0.472. The average molecular weight is 443 g/mol. The van der Waals surface area contributed by atoms with Crippen LogP contribution in [-0.2, 0) is 20.5 Å². The van der Waals surface area contributed by atoms with E-state index in [0.29, 0.717) is 38.4 Å². The fourth-order valence-corrected chi connectivity index (χ4v) is 5.34. The lowest BCUT2D eigenvalue weighted by molar-refractivity contribution is -0.00266. The van der Waals surface area contributed by atoms with Crippen LogP contribution in [0.1, 0.15) is 25.5 Å². The van der Waals surface area contributed by atoms with Crippen molar-refractivity contribution < 1.29 is 17.7 Å². The molecule has 10 nitrogen and oxygen atoms in total. The minimum absolute atomic E-state index is 0.00166. The summed E-state index contributed by atoms with van der Waals surface area (Å²) in [6, 6.07) is 1.58. The molecule has 0 atom stereocenters. The topological polar surface area (TPSA) is 104 Å². The largest absolute Gasteiger partial charge is 0.381 e. The Balaban J connectivity index is 1.63. The summed E-state index contributed by atoms with van der Waals surface area (Å²) in [4.78, 5) is 9.35. The molecule has 1 N–H and O–H groups in total. The van der Waals surface area contributed by atoms with E-state index >= 15 is 0 Å². The summed E-state index contributed by atoms with van der Waals surface area (Å²) in [5, 5.41) is 7.09. The highest BCUT2D eigenvalue weighted by atomic mass is 32.2. The van der Waals surface area contributed by atoms with Gasteiger partial charge in [0.2, 0.25) is 10.0 Å². The van der Waals surface area contributed by atoms with E-state index < -0.39 is 10.0 Å². The molecule has 0 saturated carbocycles. The molecule has 170 valence electrons. The molecule has 0 radical (unpaired) electrons. The zero-order valence-electron chi connectivity index (χ0n) is 18.2. The lowest BCUT2D eigenvalue weighted by Crippen LogP contribution is -2.55. The molecule has 2 aliphatic rings. The normalized spacial score (nSPS) is 21.2. The Kier molecular flexibility index (Phi) is 7.72. The summed E-state index contributed by atoms with van der Waals surface area (Å²) >= 11 is 0. The molecular formula is C19H34N6O4S. The molecule has 11 heteroatoms. The van der Waals surface area contributed by atoms with Crippen LogP contribution in [0.3, 0.4) is 0 Å². The fourth-order valence-electron chi connectivity index (χ4n) is 3.91. The van der Waals surface area contributed by atoms with E-state index in [2.05, 4.69) is 34.4 Å². The number of likely N-dealkylation sites (N-methyl/N-ethyl adjacent to an activating group) is 1. The first kappa shape index (κ1) is 23.0. The molecule has 1 aromatic heterocycles. The molecule has 2 saturated heterocycles. The highest BCUT2D eigenvalue weighted by Crippen LogP contribution is 2.26. The van der Waals surface area contributed by atoms with Gasteiger partial charge in [-0.2, -0.15) is 4.31 Å². The summed E-state index contributed by atoms with van der Waals surface area (Å²) < 4.78 is 37.2. The number of nitrogens with one attached hydrogen (secondary N) is 1. The third kappa shape index (κ3) is 5.51. The Bertz CT molecular complexity index is 782. The zero-order valence-corrected chi connectivity index (χ0v) is 19.0. The zero-order chi connectivity index (χ0) is 21.6. The highest BCUT2D eigenvalue weighted by Gasteiger charge is 2.35. The second-order valence-corrected chi connectivity index (χ2v) is 10.0. The molecule has 0 bridgehead atoms. The molecule has 0 aromatic carbocycles. The Labute approximate surface area is 179 Å². The molecule has 2 fully saturated rings. The van der Waals surface area contributed by atoms with Crippen LogP contribution in [0.2, 0.25) is 0 Å². The van der Waals surface area contributed by atoms with Crippen molar-refractivity contribution in [2.45, 2.75) is 31.1 Å². The first-order valence-corrected chi connectivity index (χ1v) is 12.1. The maximum atomic E-state index is 12.7. The molecule has 0 unspecified atom stereocenters. The average Bonchev–Trinajstić information content (AvgIpc) is 3.24. The third-order valence-corrected chi connectivity index (χ3v) is 7.80. The minimum atomic E-state index is -3.41. The molecule has 0 amide bonds. The molecule has 1 aromatic rings. The van der Waals surface area contributed by atoms with Gasteiger partial charge >= 0.3 is 0 Å².